The van der Waals surface area contributed by atoms with Gasteiger partial charge in [0.15, 0.2) is 0 Å². The molecule has 0 atom stereocenters. The third kappa shape index (κ3) is 2.96. The van der Waals surface area contributed by atoms with Gasteiger partial charge in [-0.2, -0.15) is 0 Å². The van der Waals surface area contributed by atoms with Gasteiger partial charge in [-0.15, -0.1) is 0 Å². The van der Waals surface area contributed by atoms with Crippen molar-refractivity contribution in [3.63, 3.8) is 0 Å². The van der Waals surface area contributed by atoms with Crippen LogP contribution in [-0.4, -0.2) is 10.2 Å². The Morgan fingerprint density at radius 3 is 2.00 bits per heavy atom. The predicted molar refractivity (Wildman–Crippen MR) is 89.6 cm³/mol. The van der Waals surface area contributed by atoms with E-state index < -0.39 is 0 Å². The van der Waals surface area contributed by atoms with E-state index in [4.69, 9.17) is 0 Å². The Morgan fingerprint density at radius 2 is 1.36 bits per heavy atom. The summed E-state index contributed by atoms with van der Waals surface area (Å²) in [7, 11) is 0. The maximum atomic E-state index is 9.82. The lowest BCUT2D eigenvalue weighted by Crippen LogP contribution is -2.13. The summed E-state index contributed by atoms with van der Waals surface area (Å²) in [6.07, 6.45) is 4.76. The molecule has 0 aromatic heterocycles. The largest absolute Gasteiger partial charge is 0.508 e. The molecule has 2 heteroatoms. The van der Waals surface area contributed by atoms with Crippen molar-refractivity contribution < 1.29 is 10.2 Å². The van der Waals surface area contributed by atoms with Crippen molar-refractivity contribution in [2.45, 2.75) is 51.4 Å². The van der Waals surface area contributed by atoms with Gasteiger partial charge in [0.05, 0.1) is 0 Å². The molecule has 0 aliphatic heterocycles. The van der Waals surface area contributed by atoms with Crippen LogP contribution in [0.5, 0.6) is 11.5 Å². The van der Waals surface area contributed by atoms with E-state index in [1.54, 1.807) is 12.1 Å². The lowest BCUT2D eigenvalue weighted by atomic mass is 9.75. The average molecular weight is 296 g/mol. The number of phenols is 2. The number of aromatic hydroxyl groups is 2. The molecular formula is C20H24O2. The number of hydrogen-bond acceptors (Lipinski definition) is 2. The van der Waals surface area contributed by atoms with Gasteiger partial charge in [-0.3, -0.25) is 0 Å². The van der Waals surface area contributed by atoms with Gasteiger partial charge in [0, 0.05) is 0 Å². The fourth-order valence-corrected chi connectivity index (χ4v) is 3.75. The van der Waals surface area contributed by atoms with Crippen molar-refractivity contribution in [1.29, 1.82) is 0 Å². The molecule has 0 amide bonds. The maximum Gasteiger partial charge on any atom is 0.118 e. The second-order valence-corrected chi connectivity index (χ2v) is 6.64. The van der Waals surface area contributed by atoms with E-state index in [1.165, 1.54) is 42.4 Å². The van der Waals surface area contributed by atoms with Crippen LogP contribution in [0.2, 0.25) is 0 Å². The molecule has 1 saturated carbocycles. The standard InChI is InChI=1S/C20H24O2/c1-13-12-20(22)14(2)11-19(13)17-5-3-15(4-6-17)16-7-9-18(21)10-8-16/h7-12,15,17,21-22H,3-6H2,1-2H3. The molecule has 1 aliphatic carbocycles. The summed E-state index contributed by atoms with van der Waals surface area (Å²) in [5.41, 5.74) is 4.92. The van der Waals surface area contributed by atoms with Crippen LogP contribution in [0.1, 0.15) is 59.8 Å². The van der Waals surface area contributed by atoms with Gasteiger partial charge in [-0.1, -0.05) is 18.2 Å². The van der Waals surface area contributed by atoms with Crippen molar-refractivity contribution >= 4 is 0 Å². The van der Waals surface area contributed by atoms with Crippen molar-refractivity contribution in [3.05, 3.63) is 58.7 Å². The molecule has 0 bridgehead atoms. The maximum absolute atomic E-state index is 9.82. The van der Waals surface area contributed by atoms with Gasteiger partial charge in [-0.05, 0) is 91.8 Å². The Morgan fingerprint density at radius 1 is 0.773 bits per heavy atom. The Labute approximate surface area is 132 Å². The summed E-state index contributed by atoms with van der Waals surface area (Å²) in [6.45, 7) is 4.07. The van der Waals surface area contributed by atoms with Crippen LogP contribution < -0.4 is 0 Å². The Balaban J connectivity index is 1.72. The summed E-state index contributed by atoms with van der Waals surface area (Å²) < 4.78 is 0. The van der Waals surface area contributed by atoms with Crippen LogP contribution in [-0.2, 0) is 0 Å². The van der Waals surface area contributed by atoms with Gasteiger partial charge in [-0.25, -0.2) is 0 Å². The monoisotopic (exact) mass is 296 g/mol. The summed E-state index contributed by atoms with van der Waals surface area (Å²) in [5.74, 6) is 1.95. The predicted octanol–water partition coefficient (Wildman–Crippen LogP) is 5.16. The van der Waals surface area contributed by atoms with E-state index >= 15 is 0 Å². The number of rotatable bonds is 2. The topological polar surface area (TPSA) is 40.5 Å². The first-order chi connectivity index (χ1) is 10.5. The highest BCUT2D eigenvalue weighted by Gasteiger charge is 2.24. The van der Waals surface area contributed by atoms with Gasteiger partial charge in [0.2, 0.25) is 0 Å². The first-order valence-corrected chi connectivity index (χ1v) is 8.13. The number of hydrogen-bond donors (Lipinski definition) is 2. The summed E-state index contributed by atoms with van der Waals surface area (Å²) in [4.78, 5) is 0. The Kier molecular flexibility index (Phi) is 4.10. The first kappa shape index (κ1) is 15.0. The average Bonchev–Trinajstić information content (AvgIpc) is 2.52. The minimum atomic E-state index is 0.340. The molecule has 0 unspecified atom stereocenters. The van der Waals surface area contributed by atoms with Crippen molar-refractivity contribution in [3.8, 4) is 11.5 Å². The number of benzene rings is 2. The van der Waals surface area contributed by atoms with Crippen LogP contribution >= 0.6 is 0 Å². The third-order valence-corrected chi connectivity index (χ3v) is 5.12. The quantitative estimate of drug-likeness (QED) is 0.804. The third-order valence-electron chi connectivity index (χ3n) is 5.12. The zero-order valence-corrected chi connectivity index (χ0v) is 13.3. The van der Waals surface area contributed by atoms with Gasteiger partial charge >= 0.3 is 0 Å². The minimum absolute atomic E-state index is 0.340. The van der Waals surface area contributed by atoms with Crippen LogP contribution in [0.15, 0.2) is 36.4 Å². The number of phenolic OH excluding ortho intramolecular Hbond substituents is 2. The van der Waals surface area contributed by atoms with Crippen molar-refractivity contribution in [1.82, 2.24) is 0 Å². The van der Waals surface area contributed by atoms with Gasteiger partial charge in [0.1, 0.15) is 11.5 Å². The van der Waals surface area contributed by atoms with E-state index in [9.17, 15) is 10.2 Å². The van der Waals surface area contributed by atoms with Crippen LogP contribution in [0.25, 0.3) is 0 Å². The second-order valence-electron chi connectivity index (χ2n) is 6.64. The first-order valence-electron chi connectivity index (χ1n) is 8.13. The molecule has 0 heterocycles. The van der Waals surface area contributed by atoms with E-state index in [0.29, 0.717) is 23.3 Å². The molecule has 1 fully saturated rings. The fourth-order valence-electron chi connectivity index (χ4n) is 3.75. The summed E-state index contributed by atoms with van der Waals surface area (Å²) >= 11 is 0. The SMILES string of the molecule is Cc1cc(C2CCC(c3ccc(O)cc3)CC2)c(C)cc1O. The molecular weight excluding hydrogens is 272 g/mol. The molecule has 0 saturated heterocycles. The molecule has 2 aromatic rings. The molecule has 1 aliphatic rings. The lowest BCUT2D eigenvalue weighted by molar-refractivity contribution is 0.394. The Bertz CT molecular complexity index is 650. The van der Waals surface area contributed by atoms with Crippen LogP contribution in [0.4, 0.5) is 0 Å². The van der Waals surface area contributed by atoms with Crippen molar-refractivity contribution in [2.75, 3.05) is 0 Å². The summed E-state index contributed by atoms with van der Waals surface area (Å²) in [5, 5.41) is 19.2. The van der Waals surface area contributed by atoms with E-state index in [1.807, 2.05) is 13.0 Å². The highest BCUT2D eigenvalue weighted by atomic mass is 16.3. The van der Waals surface area contributed by atoms with Gasteiger partial charge in [0.25, 0.3) is 0 Å². The van der Waals surface area contributed by atoms with Gasteiger partial charge < -0.3 is 10.2 Å². The molecule has 2 N–H and O–H groups in total. The molecule has 0 spiro atoms. The fraction of sp³-hybridized carbons (Fsp3) is 0.400. The Hall–Kier alpha value is -1.96. The minimum Gasteiger partial charge on any atom is -0.508 e. The normalized spacial score (nSPS) is 21.7. The van der Waals surface area contributed by atoms with E-state index in [2.05, 4.69) is 25.1 Å². The molecule has 3 rings (SSSR count). The zero-order valence-electron chi connectivity index (χ0n) is 13.3. The highest BCUT2D eigenvalue weighted by molar-refractivity contribution is 5.42. The molecule has 2 nitrogen and oxygen atoms in total. The number of aryl methyl sites for hydroxylation is 2. The smallest absolute Gasteiger partial charge is 0.118 e. The van der Waals surface area contributed by atoms with Crippen LogP contribution in [0, 0.1) is 13.8 Å². The van der Waals surface area contributed by atoms with Crippen molar-refractivity contribution in [2.24, 2.45) is 0 Å². The molecule has 22 heavy (non-hydrogen) atoms. The summed E-state index contributed by atoms with van der Waals surface area (Å²) in [6, 6.07) is 11.7. The molecule has 0 radical (unpaired) electrons. The highest BCUT2D eigenvalue weighted by Crippen LogP contribution is 2.42. The zero-order chi connectivity index (χ0) is 15.7. The lowest BCUT2D eigenvalue weighted by Gasteiger charge is -2.30. The second kappa shape index (κ2) is 6.04. The molecule has 116 valence electrons. The van der Waals surface area contributed by atoms with Crippen LogP contribution in [0.3, 0.4) is 0 Å². The van der Waals surface area contributed by atoms with E-state index in [0.717, 1.165) is 5.56 Å². The van der Waals surface area contributed by atoms with E-state index in [-0.39, 0.29) is 0 Å². The molecule has 2 aromatic carbocycles.